The zero-order chi connectivity index (χ0) is 12.3. The minimum Gasteiger partial charge on any atom is -0.465 e. The van der Waals surface area contributed by atoms with Gasteiger partial charge in [-0.1, -0.05) is 0 Å². The summed E-state index contributed by atoms with van der Waals surface area (Å²) in [7, 11) is 0.905. The van der Waals surface area contributed by atoms with E-state index in [9.17, 15) is 22.4 Å². The predicted octanol–water partition coefficient (Wildman–Crippen LogP) is 2.35. The maximum Gasteiger partial charge on any atom is 0.387 e. The maximum absolute atomic E-state index is 13.3. The fraction of sp³-hybridized carbons (Fsp3) is 0.222. The van der Waals surface area contributed by atoms with Crippen LogP contribution in [0.3, 0.4) is 0 Å². The van der Waals surface area contributed by atoms with Crippen LogP contribution in [0.15, 0.2) is 12.1 Å². The quantitative estimate of drug-likeness (QED) is 0.599. The molecule has 0 atom stereocenters. The van der Waals surface area contributed by atoms with Gasteiger partial charge in [-0.3, -0.25) is 0 Å². The number of ether oxygens (including phenoxy) is 2. The molecule has 0 aliphatic carbocycles. The molecule has 7 heteroatoms. The number of hydrogen-bond donors (Lipinski definition) is 0. The van der Waals surface area contributed by atoms with Crippen LogP contribution in [-0.2, 0) is 4.74 Å². The monoisotopic (exact) mass is 238 g/mol. The van der Waals surface area contributed by atoms with Crippen molar-refractivity contribution in [2.75, 3.05) is 7.11 Å². The summed E-state index contributed by atoms with van der Waals surface area (Å²) in [5.74, 6) is -4.97. The van der Waals surface area contributed by atoms with E-state index < -0.39 is 35.5 Å². The van der Waals surface area contributed by atoms with E-state index in [1.807, 2.05) is 0 Å². The van der Waals surface area contributed by atoms with Gasteiger partial charge in [0.2, 0.25) is 0 Å². The van der Waals surface area contributed by atoms with Crippen LogP contribution in [-0.4, -0.2) is 19.7 Å². The summed E-state index contributed by atoms with van der Waals surface area (Å²) in [5, 5.41) is 0. The number of halogens is 4. The number of esters is 1. The third kappa shape index (κ3) is 2.41. The van der Waals surface area contributed by atoms with E-state index in [-0.39, 0.29) is 0 Å². The molecular formula is C9H6F4O3. The summed E-state index contributed by atoms with van der Waals surface area (Å²) < 4.78 is 57.8. The van der Waals surface area contributed by atoms with E-state index in [0.717, 1.165) is 7.11 Å². The number of hydrogen-bond acceptors (Lipinski definition) is 3. The molecule has 0 aliphatic rings. The second-order valence-electron chi connectivity index (χ2n) is 2.60. The Balaban J connectivity index is 3.21. The van der Waals surface area contributed by atoms with Crippen LogP contribution < -0.4 is 4.74 Å². The highest BCUT2D eigenvalue weighted by Crippen LogP contribution is 2.25. The van der Waals surface area contributed by atoms with Crippen molar-refractivity contribution in [3.63, 3.8) is 0 Å². The Hall–Kier alpha value is -1.79. The standard InChI is InChI=1S/C9H6F4O3/c1-15-8(14)6-4(10)2-3-5(7(6)11)16-9(12)13/h2-3,9H,1H3. The molecule has 1 aromatic rings. The molecule has 1 aromatic carbocycles. The molecule has 0 N–H and O–H groups in total. The Morgan fingerprint density at radius 1 is 1.31 bits per heavy atom. The lowest BCUT2D eigenvalue weighted by Crippen LogP contribution is -2.11. The molecule has 0 aliphatic heterocycles. The molecule has 0 aromatic heterocycles. The van der Waals surface area contributed by atoms with Gasteiger partial charge in [-0.2, -0.15) is 8.78 Å². The molecule has 0 saturated heterocycles. The summed E-state index contributed by atoms with van der Waals surface area (Å²) in [6, 6.07) is 1.29. The smallest absolute Gasteiger partial charge is 0.387 e. The molecule has 0 heterocycles. The molecule has 1 rings (SSSR count). The van der Waals surface area contributed by atoms with Crippen molar-refractivity contribution in [3.8, 4) is 5.75 Å². The topological polar surface area (TPSA) is 35.5 Å². The molecular weight excluding hydrogens is 232 g/mol. The summed E-state index contributed by atoms with van der Waals surface area (Å²) in [5.41, 5.74) is -1.07. The first kappa shape index (κ1) is 12.3. The highest BCUT2D eigenvalue weighted by Gasteiger charge is 2.23. The van der Waals surface area contributed by atoms with Crippen molar-refractivity contribution in [2.24, 2.45) is 0 Å². The van der Waals surface area contributed by atoms with Gasteiger partial charge >= 0.3 is 12.6 Å². The average molecular weight is 238 g/mol. The summed E-state index contributed by atoms with van der Waals surface area (Å²) in [6.45, 7) is -3.27. The van der Waals surface area contributed by atoms with Crippen LogP contribution in [0.25, 0.3) is 0 Å². The van der Waals surface area contributed by atoms with Gasteiger partial charge in [0.05, 0.1) is 7.11 Å². The molecule has 3 nitrogen and oxygen atoms in total. The van der Waals surface area contributed by atoms with Crippen LogP contribution in [0.4, 0.5) is 17.6 Å². The first-order valence-corrected chi connectivity index (χ1v) is 3.98. The molecule has 88 valence electrons. The number of carbonyl (C=O) groups excluding carboxylic acids is 1. The predicted molar refractivity (Wildman–Crippen MR) is 44.3 cm³/mol. The summed E-state index contributed by atoms with van der Waals surface area (Å²) in [6.07, 6.45) is 0. The Morgan fingerprint density at radius 3 is 2.44 bits per heavy atom. The number of rotatable bonds is 3. The molecule has 0 unspecified atom stereocenters. The number of alkyl halides is 2. The van der Waals surface area contributed by atoms with Gasteiger partial charge in [0, 0.05) is 0 Å². The summed E-state index contributed by atoms with van der Waals surface area (Å²) in [4.78, 5) is 10.9. The van der Waals surface area contributed by atoms with Gasteiger partial charge in [-0.05, 0) is 12.1 Å². The van der Waals surface area contributed by atoms with Crippen LogP contribution in [0.1, 0.15) is 10.4 Å². The van der Waals surface area contributed by atoms with Gasteiger partial charge < -0.3 is 9.47 Å². The second kappa shape index (κ2) is 4.82. The Bertz CT molecular complexity index is 406. The maximum atomic E-state index is 13.3. The largest absolute Gasteiger partial charge is 0.465 e. The van der Waals surface area contributed by atoms with Crippen LogP contribution in [0.2, 0.25) is 0 Å². The zero-order valence-electron chi connectivity index (χ0n) is 7.97. The SMILES string of the molecule is COC(=O)c1c(F)ccc(OC(F)F)c1F. The van der Waals surface area contributed by atoms with E-state index >= 15 is 0 Å². The number of carbonyl (C=O) groups is 1. The first-order valence-electron chi connectivity index (χ1n) is 3.98. The molecule has 0 fully saturated rings. The molecule has 0 amide bonds. The highest BCUT2D eigenvalue weighted by molar-refractivity contribution is 5.90. The van der Waals surface area contributed by atoms with Crippen molar-refractivity contribution < 1.29 is 31.8 Å². The van der Waals surface area contributed by atoms with Crippen LogP contribution >= 0.6 is 0 Å². The molecule has 0 spiro atoms. The van der Waals surface area contributed by atoms with E-state index in [2.05, 4.69) is 9.47 Å². The lowest BCUT2D eigenvalue weighted by atomic mass is 10.2. The van der Waals surface area contributed by atoms with E-state index in [1.165, 1.54) is 0 Å². The fourth-order valence-electron chi connectivity index (χ4n) is 1.01. The van der Waals surface area contributed by atoms with Crippen LogP contribution in [0.5, 0.6) is 5.75 Å². The molecule has 16 heavy (non-hydrogen) atoms. The van der Waals surface area contributed by atoms with Gasteiger partial charge in [0.1, 0.15) is 11.4 Å². The Labute approximate surface area is 87.6 Å². The van der Waals surface area contributed by atoms with E-state index in [0.29, 0.717) is 12.1 Å². The third-order valence-electron chi connectivity index (χ3n) is 1.66. The Kier molecular flexibility index (Phi) is 3.70. The third-order valence-corrected chi connectivity index (χ3v) is 1.66. The van der Waals surface area contributed by atoms with Gasteiger partial charge in [0.15, 0.2) is 11.6 Å². The summed E-state index contributed by atoms with van der Waals surface area (Å²) >= 11 is 0. The van der Waals surface area contributed by atoms with Gasteiger partial charge in [-0.25, -0.2) is 13.6 Å². The lowest BCUT2D eigenvalue weighted by Gasteiger charge is -2.08. The molecule has 0 saturated carbocycles. The van der Waals surface area contributed by atoms with Crippen molar-refractivity contribution in [2.45, 2.75) is 6.61 Å². The minimum absolute atomic E-state index is 0.632. The second-order valence-corrected chi connectivity index (χ2v) is 2.60. The van der Waals surface area contributed by atoms with Gasteiger partial charge in [0.25, 0.3) is 0 Å². The first-order chi connectivity index (χ1) is 7.47. The lowest BCUT2D eigenvalue weighted by molar-refractivity contribution is -0.0524. The number of methoxy groups -OCH3 is 1. The Morgan fingerprint density at radius 2 is 1.94 bits per heavy atom. The zero-order valence-corrected chi connectivity index (χ0v) is 7.97. The van der Waals surface area contributed by atoms with Crippen molar-refractivity contribution >= 4 is 5.97 Å². The van der Waals surface area contributed by atoms with Gasteiger partial charge in [-0.15, -0.1) is 0 Å². The van der Waals surface area contributed by atoms with Crippen molar-refractivity contribution in [3.05, 3.63) is 29.3 Å². The van der Waals surface area contributed by atoms with Crippen molar-refractivity contribution in [1.29, 1.82) is 0 Å². The molecule has 0 bridgehead atoms. The fourth-order valence-corrected chi connectivity index (χ4v) is 1.01. The van der Waals surface area contributed by atoms with E-state index in [1.54, 1.807) is 0 Å². The number of benzene rings is 1. The van der Waals surface area contributed by atoms with Crippen molar-refractivity contribution in [1.82, 2.24) is 0 Å². The average Bonchev–Trinajstić information content (AvgIpc) is 2.21. The van der Waals surface area contributed by atoms with E-state index in [4.69, 9.17) is 0 Å². The normalized spacial score (nSPS) is 10.4. The molecule has 0 radical (unpaired) electrons. The minimum atomic E-state index is -3.27. The highest BCUT2D eigenvalue weighted by atomic mass is 19.3. The van der Waals surface area contributed by atoms with Crippen LogP contribution in [0, 0.1) is 11.6 Å².